The summed E-state index contributed by atoms with van der Waals surface area (Å²) in [6, 6.07) is 0.105. The van der Waals surface area contributed by atoms with Crippen LogP contribution in [0.2, 0.25) is 5.02 Å². The summed E-state index contributed by atoms with van der Waals surface area (Å²) in [4.78, 5) is 12.7. The number of carbonyl (C=O) groups excluding carboxylic acids is 1. The maximum atomic E-state index is 13.2. The van der Waals surface area contributed by atoms with Gasteiger partial charge >= 0.3 is 6.18 Å². The van der Waals surface area contributed by atoms with Gasteiger partial charge in [0.2, 0.25) is 5.91 Å². The van der Waals surface area contributed by atoms with E-state index in [1.807, 2.05) is 0 Å². The van der Waals surface area contributed by atoms with E-state index in [1.165, 1.54) is 43.2 Å². The van der Waals surface area contributed by atoms with Gasteiger partial charge in [-0.15, -0.1) is 0 Å². The lowest BCUT2D eigenvalue weighted by molar-refractivity contribution is -0.141. The number of nitrogens with zero attached hydrogens (tertiary/aromatic N) is 2. The predicted molar refractivity (Wildman–Crippen MR) is 107 cm³/mol. The molecule has 0 unspecified atom stereocenters. The smallest absolute Gasteiger partial charge is 0.353 e. The molecule has 0 aromatic carbocycles. The van der Waals surface area contributed by atoms with E-state index in [2.05, 4.69) is 17.3 Å². The van der Waals surface area contributed by atoms with E-state index in [-0.39, 0.29) is 41.3 Å². The van der Waals surface area contributed by atoms with Crippen molar-refractivity contribution in [1.29, 1.82) is 0 Å². The lowest BCUT2D eigenvalue weighted by atomic mass is 9.48. The van der Waals surface area contributed by atoms with Gasteiger partial charge in [0, 0.05) is 18.4 Å². The second-order valence-corrected chi connectivity index (χ2v) is 10.7. The van der Waals surface area contributed by atoms with Crippen molar-refractivity contribution < 1.29 is 18.0 Å². The molecular formula is C22H29ClF3N3O. The Morgan fingerprint density at radius 3 is 2.27 bits per heavy atom. The van der Waals surface area contributed by atoms with E-state index in [1.54, 1.807) is 0 Å². The molecule has 30 heavy (non-hydrogen) atoms. The maximum absolute atomic E-state index is 13.2. The molecule has 0 radical (unpaired) electrons. The molecule has 4 bridgehead atoms. The number of aryl methyl sites for hydroxylation is 1. The third-order valence-corrected chi connectivity index (χ3v) is 8.47. The highest BCUT2D eigenvalue weighted by Gasteiger charge is 2.53. The fourth-order valence-corrected chi connectivity index (χ4v) is 7.33. The molecule has 0 aliphatic heterocycles. The number of amides is 1. The fourth-order valence-electron chi connectivity index (χ4n) is 6.93. The second kappa shape index (κ2) is 7.14. The zero-order chi connectivity index (χ0) is 21.3. The number of carbonyl (C=O) groups is 1. The maximum Gasteiger partial charge on any atom is 0.436 e. The van der Waals surface area contributed by atoms with Crippen LogP contribution in [-0.2, 0) is 17.5 Å². The summed E-state index contributed by atoms with van der Waals surface area (Å²) < 4.78 is 41.0. The first-order valence-electron chi connectivity index (χ1n) is 11.3. The molecule has 0 spiro atoms. The van der Waals surface area contributed by atoms with Gasteiger partial charge in [-0.1, -0.05) is 11.6 Å². The number of halogens is 4. The van der Waals surface area contributed by atoms with Gasteiger partial charge < -0.3 is 5.32 Å². The average molecular weight is 444 g/mol. The first kappa shape index (κ1) is 20.7. The Balaban J connectivity index is 1.24. The van der Waals surface area contributed by atoms with Crippen LogP contribution in [0.5, 0.6) is 0 Å². The van der Waals surface area contributed by atoms with E-state index in [4.69, 9.17) is 11.6 Å². The Bertz CT molecular complexity index is 810. The normalized spacial score (nSPS) is 33.7. The first-order valence-corrected chi connectivity index (χ1v) is 11.6. The minimum Gasteiger partial charge on any atom is -0.353 e. The lowest BCUT2D eigenvalue weighted by Gasteiger charge is -2.59. The molecule has 5 fully saturated rings. The molecule has 5 aliphatic carbocycles. The van der Waals surface area contributed by atoms with Crippen molar-refractivity contribution in [2.75, 3.05) is 0 Å². The number of rotatable bonds is 6. The molecule has 1 amide bonds. The van der Waals surface area contributed by atoms with E-state index in [9.17, 15) is 18.0 Å². The Kier molecular flexibility index (Phi) is 4.92. The van der Waals surface area contributed by atoms with Crippen molar-refractivity contribution in [2.45, 2.75) is 89.4 Å². The Morgan fingerprint density at radius 2 is 1.77 bits per heavy atom. The van der Waals surface area contributed by atoms with Gasteiger partial charge in [0.1, 0.15) is 0 Å². The van der Waals surface area contributed by atoms with Crippen LogP contribution in [0.3, 0.4) is 0 Å². The topological polar surface area (TPSA) is 46.9 Å². The van der Waals surface area contributed by atoms with E-state index >= 15 is 0 Å². The highest BCUT2D eigenvalue weighted by molar-refractivity contribution is 6.32. The monoisotopic (exact) mass is 443 g/mol. The zero-order valence-corrected chi connectivity index (χ0v) is 18.0. The van der Waals surface area contributed by atoms with Crippen LogP contribution in [0, 0.1) is 23.2 Å². The minimum atomic E-state index is -4.58. The fraction of sp³-hybridized carbons (Fsp3) is 0.818. The molecule has 1 N–H and O–H groups in total. The van der Waals surface area contributed by atoms with Crippen molar-refractivity contribution in [3.8, 4) is 0 Å². The van der Waals surface area contributed by atoms with Gasteiger partial charge in [0.25, 0.3) is 0 Å². The third kappa shape index (κ3) is 3.65. The Hall–Kier alpha value is -1.24. The summed E-state index contributed by atoms with van der Waals surface area (Å²) >= 11 is 6.02. The first-order chi connectivity index (χ1) is 14.1. The third-order valence-electron chi connectivity index (χ3n) is 8.10. The molecule has 6 rings (SSSR count). The summed E-state index contributed by atoms with van der Waals surface area (Å²) in [5.41, 5.74) is -0.387. The SMILES string of the molecule is C[C@H](NC(=O)CCn1nc(C(F)(F)F)c(Cl)c1C1CC1)C12CC3CC(CC(C3)C1)C2. The van der Waals surface area contributed by atoms with Crippen LogP contribution in [0.4, 0.5) is 13.2 Å². The minimum absolute atomic E-state index is 0.0232. The summed E-state index contributed by atoms with van der Waals surface area (Å²) in [7, 11) is 0. The van der Waals surface area contributed by atoms with Gasteiger partial charge in [-0.3, -0.25) is 9.48 Å². The standard InChI is InChI=1S/C22H29ClF3N3O/c1-12(21-9-13-6-14(10-21)8-15(7-13)11-21)27-17(30)4-5-29-19(16-2-3-16)18(23)20(28-29)22(24,25)26/h12-16H,2-11H2,1H3,(H,27,30)/t12-,13?,14?,15?,21?/m0/s1. The van der Waals surface area contributed by atoms with Crippen molar-refractivity contribution in [3.63, 3.8) is 0 Å². The molecule has 1 aromatic heterocycles. The van der Waals surface area contributed by atoms with Crippen LogP contribution in [0.25, 0.3) is 0 Å². The number of hydrogen-bond donors (Lipinski definition) is 1. The lowest BCUT2D eigenvalue weighted by Crippen LogP contribution is -2.55. The molecular weight excluding hydrogens is 415 g/mol. The van der Waals surface area contributed by atoms with Crippen molar-refractivity contribution in [2.24, 2.45) is 23.2 Å². The molecule has 5 saturated carbocycles. The molecule has 0 saturated heterocycles. The summed E-state index contributed by atoms with van der Waals surface area (Å²) in [6.07, 6.45) is 4.84. The van der Waals surface area contributed by atoms with Crippen molar-refractivity contribution in [3.05, 3.63) is 16.4 Å². The van der Waals surface area contributed by atoms with Gasteiger partial charge in [-0.25, -0.2) is 0 Å². The summed E-state index contributed by atoms with van der Waals surface area (Å²) in [5.74, 6) is 2.34. The van der Waals surface area contributed by atoms with Crippen molar-refractivity contribution >= 4 is 17.5 Å². The molecule has 166 valence electrons. The predicted octanol–water partition coefficient (Wildman–Crippen LogP) is 5.54. The molecule has 8 heteroatoms. The zero-order valence-electron chi connectivity index (χ0n) is 17.3. The average Bonchev–Trinajstić information content (AvgIpc) is 3.40. The quantitative estimate of drug-likeness (QED) is 0.627. The van der Waals surface area contributed by atoms with Crippen LogP contribution in [-0.4, -0.2) is 21.7 Å². The van der Waals surface area contributed by atoms with Gasteiger partial charge in [-0.05, 0) is 81.5 Å². The molecule has 1 atom stereocenters. The van der Waals surface area contributed by atoms with Gasteiger partial charge in [0.05, 0.1) is 17.3 Å². The highest BCUT2D eigenvalue weighted by Crippen LogP contribution is 2.61. The number of aromatic nitrogens is 2. The van der Waals surface area contributed by atoms with Gasteiger partial charge in [0.15, 0.2) is 5.69 Å². The van der Waals surface area contributed by atoms with Crippen LogP contribution >= 0.6 is 11.6 Å². The number of hydrogen-bond acceptors (Lipinski definition) is 2. The Labute approximate surface area is 179 Å². The molecule has 5 aliphatic rings. The number of nitrogens with one attached hydrogen (secondary N) is 1. The second-order valence-electron chi connectivity index (χ2n) is 10.4. The van der Waals surface area contributed by atoms with Crippen LogP contribution < -0.4 is 5.32 Å². The van der Waals surface area contributed by atoms with E-state index < -0.39 is 11.9 Å². The van der Waals surface area contributed by atoms with E-state index in [0.29, 0.717) is 5.69 Å². The summed E-state index contributed by atoms with van der Waals surface area (Å²) in [6.45, 7) is 2.24. The molecule has 4 nitrogen and oxygen atoms in total. The Morgan fingerprint density at radius 1 is 1.20 bits per heavy atom. The summed E-state index contributed by atoms with van der Waals surface area (Å²) in [5, 5.41) is 6.62. The highest BCUT2D eigenvalue weighted by atomic mass is 35.5. The largest absolute Gasteiger partial charge is 0.436 e. The van der Waals surface area contributed by atoms with Crippen molar-refractivity contribution in [1.82, 2.24) is 15.1 Å². The van der Waals surface area contributed by atoms with Gasteiger partial charge in [-0.2, -0.15) is 18.3 Å². The van der Waals surface area contributed by atoms with E-state index in [0.717, 1.165) is 30.6 Å². The van der Waals surface area contributed by atoms with Crippen LogP contribution in [0.15, 0.2) is 0 Å². The molecule has 1 heterocycles. The number of alkyl halides is 3. The van der Waals surface area contributed by atoms with Crippen LogP contribution in [0.1, 0.15) is 82.0 Å². The molecule has 1 aromatic rings.